The summed E-state index contributed by atoms with van der Waals surface area (Å²) in [5.74, 6) is 0. The van der Waals surface area contributed by atoms with Crippen molar-refractivity contribution in [3.8, 4) is 55.9 Å². The molecule has 0 saturated carbocycles. The Hall–Kier alpha value is -7.42. The molecular formula is C55H36N2. The van der Waals surface area contributed by atoms with Gasteiger partial charge in [-0.3, -0.25) is 0 Å². The average Bonchev–Trinajstić information content (AvgIpc) is 3.87. The van der Waals surface area contributed by atoms with Crippen molar-refractivity contribution >= 4 is 43.6 Å². The van der Waals surface area contributed by atoms with E-state index in [0.717, 1.165) is 16.2 Å². The zero-order valence-corrected chi connectivity index (χ0v) is 29.4. The zero-order valence-electron chi connectivity index (χ0n) is 53.4. The van der Waals surface area contributed by atoms with Crippen molar-refractivity contribution < 1.29 is 32.9 Å². The summed E-state index contributed by atoms with van der Waals surface area (Å²) in [6.45, 7) is 0. The normalized spacial score (nSPS) is 18.0. The quantitative estimate of drug-likeness (QED) is 0.166. The van der Waals surface area contributed by atoms with Crippen LogP contribution in [0, 0.1) is 0 Å². The standard InChI is InChI=1S/C55H36N2/c1-3-13-36(14-4-1)38-17-11-18-42(31-38)57-52-23-9-7-19-47(52)49-28-25-40(35-55(49)57)39-26-30-54-51(33-39)48-20-8-10-24-53(48)56(54)43-27-29-45-41(32-43)34-50-44(21-12-22-46(45)50)37-15-5-2-6-16-37/h1-33,35H,34H2/i2D,5D,6D,7D,8D,9D,10D,12D,15D,16D,19D,20D,21D,22D,23D,24D,25D,26D,28D,29D,30D,32D,33D,35D. The third-order valence-electron chi connectivity index (χ3n) is 10.3. The molecule has 0 bridgehead atoms. The van der Waals surface area contributed by atoms with Crippen molar-refractivity contribution in [2.45, 2.75) is 6.42 Å². The fraction of sp³-hybridized carbons (Fsp3) is 0.0182. The molecule has 12 rings (SSSR count). The summed E-state index contributed by atoms with van der Waals surface area (Å²) < 4.78 is 222. The Kier molecular flexibility index (Phi) is 3.60. The van der Waals surface area contributed by atoms with Crippen LogP contribution in [-0.2, 0) is 6.42 Å². The van der Waals surface area contributed by atoms with E-state index < -0.39 is 190 Å². The number of para-hydroxylation sites is 2. The van der Waals surface area contributed by atoms with Crippen LogP contribution in [0.15, 0.2) is 206 Å². The van der Waals surface area contributed by atoms with Gasteiger partial charge in [-0.25, -0.2) is 0 Å². The molecule has 0 unspecified atom stereocenters. The maximum absolute atomic E-state index is 10.0. The molecule has 2 heteroatoms. The Balaban J connectivity index is 1.17. The van der Waals surface area contributed by atoms with Gasteiger partial charge in [0.2, 0.25) is 0 Å². The molecule has 0 fully saturated rings. The van der Waals surface area contributed by atoms with Gasteiger partial charge in [-0.1, -0.05) is 151 Å². The number of aromatic nitrogens is 2. The van der Waals surface area contributed by atoms with E-state index in [-0.39, 0.29) is 61.0 Å². The molecule has 57 heavy (non-hydrogen) atoms. The fourth-order valence-electron chi connectivity index (χ4n) is 7.77. The van der Waals surface area contributed by atoms with Gasteiger partial charge in [-0.05, 0) is 117 Å². The largest absolute Gasteiger partial charge is 0.309 e. The lowest BCUT2D eigenvalue weighted by Gasteiger charge is -2.12. The summed E-state index contributed by atoms with van der Waals surface area (Å²) in [6, 6.07) is 0.727. The van der Waals surface area contributed by atoms with Crippen molar-refractivity contribution in [2.24, 2.45) is 0 Å². The summed E-state index contributed by atoms with van der Waals surface area (Å²) in [6.07, 6.45) is -0.418. The van der Waals surface area contributed by atoms with Crippen molar-refractivity contribution in [1.82, 2.24) is 9.13 Å². The number of nitrogens with zero attached hydrogens (tertiary/aromatic N) is 2. The number of hydrogen-bond donors (Lipinski definition) is 0. The second kappa shape index (κ2) is 12.6. The van der Waals surface area contributed by atoms with E-state index in [1.54, 1.807) is 24.3 Å². The molecule has 0 spiro atoms. The van der Waals surface area contributed by atoms with Gasteiger partial charge >= 0.3 is 0 Å². The van der Waals surface area contributed by atoms with Crippen LogP contribution in [0.25, 0.3) is 99.5 Å². The third kappa shape index (κ3) is 4.97. The maximum atomic E-state index is 10.0. The van der Waals surface area contributed by atoms with E-state index in [2.05, 4.69) is 0 Å². The second-order valence-electron chi connectivity index (χ2n) is 13.4. The summed E-state index contributed by atoms with van der Waals surface area (Å²) in [7, 11) is 0. The maximum Gasteiger partial charge on any atom is 0.0652 e. The van der Waals surface area contributed by atoms with Crippen LogP contribution in [0.5, 0.6) is 0 Å². The van der Waals surface area contributed by atoms with Gasteiger partial charge in [0.1, 0.15) is 0 Å². The van der Waals surface area contributed by atoms with Gasteiger partial charge < -0.3 is 9.13 Å². The summed E-state index contributed by atoms with van der Waals surface area (Å²) >= 11 is 0. The first-order chi connectivity index (χ1) is 38.3. The first-order valence-corrected chi connectivity index (χ1v) is 17.9. The third-order valence-corrected chi connectivity index (χ3v) is 10.3. The summed E-state index contributed by atoms with van der Waals surface area (Å²) in [5, 5.41) is -1.23. The van der Waals surface area contributed by atoms with Crippen molar-refractivity contribution in [3.63, 3.8) is 0 Å². The molecular weight excluding hydrogens is 689 g/mol. The number of fused-ring (bicyclic) bond motifs is 9. The van der Waals surface area contributed by atoms with Crippen molar-refractivity contribution in [2.75, 3.05) is 0 Å². The van der Waals surface area contributed by atoms with Crippen LogP contribution in [-0.4, -0.2) is 9.13 Å². The van der Waals surface area contributed by atoms with Crippen LogP contribution >= 0.6 is 0 Å². The smallest absolute Gasteiger partial charge is 0.0652 e. The molecule has 0 amide bonds. The minimum Gasteiger partial charge on any atom is -0.309 e. The van der Waals surface area contributed by atoms with Gasteiger partial charge in [-0.2, -0.15) is 0 Å². The van der Waals surface area contributed by atoms with E-state index in [1.807, 2.05) is 30.3 Å². The monoisotopic (exact) mass is 748 g/mol. The van der Waals surface area contributed by atoms with Gasteiger partial charge in [0.15, 0.2) is 0 Å². The average molecular weight is 749 g/mol. The highest BCUT2D eigenvalue weighted by atomic mass is 15.0. The number of rotatable bonds is 5. The lowest BCUT2D eigenvalue weighted by atomic mass is 9.96. The molecule has 1 aliphatic rings. The van der Waals surface area contributed by atoms with Crippen molar-refractivity contribution in [1.29, 1.82) is 0 Å². The molecule has 0 N–H and O–H groups in total. The first-order valence-electron chi connectivity index (χ1n) is 29.9. The van der Waals surface area contributed by atoms with Crippen LogP contribution in [0.4, 0.5) is 0 Å². The molecule has 2 nitrogen and oxygen atoms in total. The van der Waals surface area contributed by atoms with Gasteiger partial charge in [0, 0.05) is 32.9 Å². The molecule has 266 valence electrons. The highest BCUT2D eigenvalue weighted by Gasteiger charge is 2.23. The van der Waals surface area contributed by atoms with Crippen LogP contribution in [0.3, 0.4) is 0 Å². The SMILES string of the molecule is [2H]c1cc(-n2c3c([2H])c([2H])c([2H])c([2H])c3c3c([2H])c(-c4c([2H])c([2H])c5c6c([2H])c([2H])c([2H])c([2H])c6n(-c6cccc(-c7ccccc7)c6)c5c4[2H])c([2H])c([2H])c32)c([2H])c2c1-c1c([2H])c([2H])c([2H])c(-c3c([2H])c([2H])c([2H])c([2H])c3[2H])c1C2. The second-order valence-corrected chi connectivity index (χ2v) is 13.4. The number of hydrogen-bond acceptors (Lipinski definition) is 0. The first kappa shape index (κ1) is 16.4. The van der Waals surface area contributed by atoms with E-state index in [0.29, 0.717) is 5.56 Å². The van der Waals surface area contributed by atoms with Crippen LogP contribution < -0.4 is 0 Å². The topological polar surface area (TPSA) is 9.86 Å². The Morgan fingerprint density at radius 3 is 1.88 bits per heavy atom. The Bertz CT molecular complexity index is 4740. The number of benzene rings is 9. The van der Waals surface area contributed by atoms with Gasteiger partial charge in [-0.15, -0.1) is 0 Å². The van der Waals surface area contributed by atoms with Crippen LogP contribution in [0.1, 0.15) is 44.0 Å². The van der Waals surface area contributed by atoms with Gasteiger partial charge in [0.25, 0.3) is 0 Å². The van der Waals surface area contributed by atoms with Crippen LogP contribution in [0.2, 0.25) is 0 Å². The molecule has 2 heterocycles. The lowest BCUT2D eigenvalue weighted by Crippen LogP contribution is -1.95. The molecule has 11 aromatic rings. The minimum atomic E-state index is -0.843. The molecule has 9 aromatic carbocycles. The lowest BCUT2D eigenvalue weighted by molar-refractivity contribution is 1.16. The van der Waals surface area contributed by atoms with E-state index >= 15 is 0 Å². The highest BCUT2D eigenvalue weighted by molar-refractivity contribution is 6.12. The predicted octanol–water partition coefficient (Wildman–Crippen LogP) is 14.5. The Morgan fingerprint density at radius 1 is 0.368 bits per heavy atom. The highest BCUT2D eigenvalue weighted by Crippen LogP contribution is 2.44. The molecule has 0 aliphatic heterocycles. The molecule has 0 atom stereocenters. The van der Waals surface area contributed by atoms with E-state index in [9.17, 15) is 15.1 Å². The van der Waals surface area contributed by atoms with Gasteiger partial charge in [0.05, 0.1) is 55.0 Å². The molecule has 0 saturated heterocycles. The predicted molar refractivity (Wildman–Crippen MR) is 240 cm³/mol. The minimum absolute atomic E-state index is 0.00485. The summed E-state index contributed by atoms with van der Waals surface area (Å²) in [4.78, 5) is 0. The van der Waals surface area contributed by atoms with Crippen molar-refractivity contribution in [3.05, 3.63) is 217 Å². The van der Waals surface area contributed by atoms with E-state index in [4.69, 9.17) is 17.8 Å². The Morgan fingerprint density at radius 2 is 1.04 bits per heavy atom. The molecule has 2 aromatic heterocycles. The Labute approximate surface area is 364 Å². The molecule has 0 radical (unpaired) electrons. The fourth-order valence-corrected chi connectivity index (χ4v) is 7.77. The van der Waals surface area contributed by atoms with E-state index in [1.165, 1.54) is 4.57 Å². The zero-order chi connectivity index (χ0) is 58.3. The molecule has 1 aliphatic carbocycles. The summed E-state index contributed by atoms with van der Waals surface area (Å²) in [5.41, 5.74) is -2.03.